The zero-order chi connectivity index (χ0) is 7.11. The van der Waals surface area contributed by atoms with Gasteiger partial charge in [0.25, 0.3) is 0 Å². The Morgan fingerprint density at radius 1 is 1.89 bits per heavy atom. The van der Waals surface area contributed by atoms with Gasteiger partial charge in [0.2, 0.25) is 5.23 Å². The van der Waals surface area contributed by atoms with Crippen molar-refractivity contribution in [1.82, 2.24) is 0 Å². The van der Waals surface area contributed by atoms with E-state index in [2.05, 4.69) is 6.58 Å². The van der Waals surface area contributed by atoms with E-state index in [0.29, 0.717) is 6.61 Å². The Bertz CT molecular complexity index is 103. The van der Waals surface area contributed by atoms with Crippen LogP contribution in [0.2, 0.25) is 0 Å². The molecule has 0 spiro atoms. The third kappa shape index (κ3) is 5.43. The fourth-order valence-electron chi connectivity index (χ4n) is 0.307. The fraction of sp³-hybridized carbons (Fsp3) is 0.500. The van der Waals surface area contributed by atoms with Gasteiger partial charge in [0.05, 0.1) is 6.61 Å². The standard InChI is InChI=1S/C6H11NOS/c1-3-5-9-6(7)8-4-2/h3,7H,1,4-5H2,2H3. The highest BCUT2D eigenvalue weighted by Crippen LogP contribution is 2.02. The second kappa shape index (κ2) is 5.69. The zero-order valence-corrected chi connectivity index (χ0v) is 6.33. The molecule has 9 heavy (non-hydrogen) atoms. The molecule has 0 aliphatic rings. The molecule has 0 saturated carbocycles. The summed E-state index contributed by atoms with van der Waals surface area (Å²) in [6.07, 6.45) is 1.75. The molecule has 0 saturated heterocycles. The lowest BCUT2D eigenvalue weighted by molar-refractivity contribution is 0.335. The van der Waals surface area contributed by atoms with Crippen molar-refractivity contribution in [3.63, 3.8) is 0 Å². The topological polar surface area (TPSA) is 33.1 Å². The van der Waals surface area contributed by atoms with Crippen molar-refractivity contribution < 1.29 is 4.74 Å². The Balaban J connectivity index is 3.16. The molecule has 0 bridgehead atoms. The normalized spacial score (nSPS) is 8.56. The Hall–Kier alpha value is -0.440. The van der Waals surface area contributed by atoms with Crippen LogP contribution in [0.4, 0.5) is 0 Å². The molecule has 0 aliphatic heterocycles. The number of ether oxygens (including phenoxy) is 1. The van der Waals surface area contributed by atoms with Crippen LogP contribution >= 0.6 is 11.8 Å². The minimum absolute atomic E-state index is 0.275. The van der Waals surface area contributed by atoms with Crippen LogP contribution < -0.4 is 0 Å². The van der Waals surface area contributed by atoms with E-state index in [4.69, 9.17) is 10.1 Å². The molecule has 52 valence electrons. The van der Waals surface area contributed by atoms with Crippen LogP contribution in [0.15, 0.2) is 12.7 Å². The summed E-state index contributed by atoms with van der Waals surface area (Å²) in [7, 11) is 0. The van der Waals surface area contributed by atoms with Gasteiger partial charge in [-0.2, -0.15) is 0 Å². The van der Waals surface area contributed by atoms with Gasteiger partial charge in [-0.25, -0.2) is 0 Å². The molecule has 0 aromatic carbocycles. The van der Waals surface area contributed by atoms with Crippen molar-refractivity contribution in [2.24, 2.45) is 0 Å². The molecule has 0 radical (unpaired) electrons. The first-order valence-electron chi connectivity index (χ1n) is 2.76. The highest BCUT2D eigenvalue weighted by atomic mass is 32.2. The maximum absolute atomic E-state index is 7.08. The molecule has 0 rings (SSSR count). The first kappa shape index (κ1) is 8.56. The fourth-order valence-corrected chi connectivity index (χ4v) is 0.778. The molecular formula is C6H11NOS. The van der Waals surface area contributed by atoms with Crippen LogP contribution in [0.5, 0.6) is 0 Å². The highest BCUT2D eigenvalue weighted by Gasteiger charge is 1.92. The monoisotopic (exact) mass is 145 g/mol. The molecule has 0 aromatic rings. The summed E-state index contributed by atoms with van der Waals surface area (Å²) in [4.78, 5) is 0. The average molecular weight is 145 g/mol. The van der Waals surface area contributed by atoms with Crippen LogP contribution in [0.3, 0.4) is 0 Å². The summed E-state index contributed by atoms with van der Waals surface area (Å²) >= 11 is 1.34. The SMILES string of the molecule is C=CCSC(=N)OCC. The summed E-state index contributed by atoms with van der Waals surface area (Å²) in [5.41, 5.74) is 0. The van der Waals surface area contributed by atoms with Crippen LogP contribution in [0.1, 0.15) is 6.92 Å². The molecule has 1 N–H and O–H groups in total. The van der Waals surface area contributed by atoms with Gasteiger partial charge >= 0.3 is 0 Å². The molecular weight excluding hydrogens is 134 g/mol. The van der Waals surface area contributed by atoms with Crippen LogP contribution in [-0.2, 0) is 4.74 Å². The number of rotatable bonds is 3. The van der Waals surface area contributed by atoms with Crippen molar-refractivity contribution in [1.29, 1.82) is 5.41 Å². The second-order valence-electron chi connectivity index (χ2n) is 1.32. The average Bonchev–Trinajstić information content (AvgIpc) is 1.85. The highest BCUT2D eigenvalue weighted by molar-refractivity contribution is 8.13. The van der Waals surface area contributed by atoms with Crippen molar-refractivity contribution in [3.05, 3.63) is 12.7 Å². The van der Waals surface area contributed by atoms with E-state index in [1.807, 2.05) is 6.92 Å². The Labute approximate surface area is 59.8 Å². The van der Waals surface area contributed by atoms with Gasteiger partial charge in [0, 0.05) is 5.75 Å². The Morgan fingerprint density at radius 2 is 2.56 bits per heavy atom. The molecule has 0 amide bonds. The minimum Gasteiger partial charge on any atom is -0.474 e. The van der Waals surface area contributed by atoms with E-state index in [-0.39, 0.29) is 5.23 Å². The lowest BCUT2D eigenvalue weighted by Gasteiger charge is -1.99. The molecule has 0 unspecified atom stereocenters. The van der Waals surface area contributed by atoms with Crippen LogP contribution in [-0.4, -0.2) is 17.6 Å². The maximum Gasteiger partial charge on any atom is 0.243 e. The summed E-state index contributed by atoms with van der Waals surface area (Å²) in [6.45, 7) is 5.96. The predicted molar refractivity (Wildman–Crippen MR) is 42.0 cm³/mol. The molecule has 0 aromatic heterocycles. The van der Waals surface area contributed by atoms with Gasteiger partial charge in [0.15, 0.2) is 0 Å². The first-order chi connectivity index (χ1) is 4.31. The summed E-state index contributed by atoms with van der Waals surface area (Å²) in [5, 5.41) is 7.36. The number of hydrogen-bond acceptors (Lipinski definition) is 3. The molecule has 0 fully saturated rings. The molecule has 3 heteroatoms. The number of thioether (sulfide) groups is 1. The third-order valence-corrected chi connectivity index (χ3v) is 1.39. The van der Waals surface area contributed by atoms with Gasteiger partial charge in [-0.15, -0.1) is 6.58 Å². The minimum atomic E-state index is 0.275. The lowest BCUT2D eigenvalue weighted by atomic mass is 10.8. The van der Waals surface area contributed by atoms with Crippen molar-refractivity contribution in [2.75, 3.05) is 12.4 Å². The van der Waals surface area contributed by atoms with E-state index >= 15 is 0 Å². The summed E-state index contributed by atoms with van der Waals surface area (Å²) in [5.74, 6) is 0.749. The lowest BCUT2D eigenvalue weighted by Crippen LogP contribution is -1.97. The summed E-state index contributed by atoms with van der Waals surface area (Å²) in [6, 6.07) is 0. The van der Waals surface area contributed by atoms with E-state index in [1.165, 1.54) is 11.8 Å². The van der Waals surface area contributed by atoms with Crippen LogP contribution in [0, 0.1) is 5.41 Å². The van der Waals surface area contributed by atoms with E-state index < -0.39 is 0 Å². The smallest absolute Gasteiger partial charge is 0.243 e. The summed E-state index contributed by atoms with van der Waals surface area (Å²) < 4.78 is 4.84. The molecule has 0 atom stereocenters. The van der Waals surface area contributed by atoms with Gasteiger partial charge in [0.1, 0.15) is 0 Å². The predicted octanol–water partition coefficient (Wildman–Crippen LogP) is 1.88. The van der Waals surface area contributed by atoms with Crippen molar-refractivity contribution >= 4 is 17.0 Å². The van der Waals surface area contributed by atoms with Crippen LogP contribution in [0.25, 0.3) is 0 Å². The van der Waals surface area contributed by atoms with Gasteiger partial charge < -0.3 is 4.74 Å². The number of hydrogen-bond donors (Lipinski definition) is 1. The molecule has 0 heterocycles. The Kier molecular flexibility index (Phi) is 5.41. The maximum atomic E-state index is 7.08. The van der Waals surface area contributed by atoms with E-state index in [9.17, 15) is 0 Å². The van der Waals surface area contributed by atoms with Crippen molar-refractivity contribution in [2.45, 2.75) is 6.92 Å². The second-order valence-corrected chi connectivity index (χ2v) is 2.31. The van der Waals surface area contributed by atoms with E-state index in [1.54, 1.807) is 6.08 Å². The largest absolute Gasteiger partial charge is 0.474 e. The van der Waals surface area contributed by atoms with Gasteiger partial charge in [-0.3, -0.25) is 5.41 Å². The van der Waals surface area contributed by atoms with E-state index in [0.717, 1.165) is 5.75 Å². The van der Waals surface area contributed by atoms with Crippen molar-refractivity contribution in [3.8, 4) is 0 Å². The third-order valence-electron chi connectivity index (χ3n) is 0.608. The Morgan fingerprint density at radius 3 is 3.00 bits per heavy atom. The van der Waals surface area contributed by atoms with Gasteiger partial charge in [-0.05, 0) is 6.92 Å². The number of nitrogens with one attached hydrogen (secondary N) is 1. The molecule has 2 nitrogen and oxygen atoms in total. The quantitative estimate of drug-likeness (QED) is 0.373. The zero-order valence-electron chi connectivity index (χ0n) is 5.52. The molecule has 0 aliphatic carbocycles. The first-order valence-corrected chi connectivity index (χ1v) is 3.74. The van der Waals surface area contributed by atoms with Gasteiger partial charge in [-0.1, -0.05) is 17.8 Å².